The highest BCUT2D eigenvalue weighted by molar-refractivity contribution is 7.91. The zero-order valence-electron chi connectivity index (χ0n) is 14.3. The molecular formula is C18H16Cl2N2O4S. The SMILES string of the molecule is COc1ccc(N2C(=O)N(c3ccc(Cl)c(Cl)c3)[C@H]3CS(=O)(=O)C[C@@H]32)cc1. The Morgan fingerprint density at radius 1 is 0.926 bits per heavy atom. The van der Waals surface area contributed by atoms with Crippen LogP contribution in [0.15, 0.2) is 42.5 Å². The van der Waals surface area contributed by atoms with Crippen LogP contribution < -0.4 is 14.5 Å². The molecule has 0 bridgehead atoms. The maximum Gasteiger partial charge on any atom is 0.329 e. The first kappa shape index (κ1) is 18.4. The van der Waals surface area contributed by atoms with E-state index in [1.54, 1.807) is 49.6 Å². The second-order valence-electron chi connectivity index (χ2n) is 6.53. The lowest BCUT2D eigenvalue weighted by Gasteiger charge is -2.23. The second kappa shape index (κ2) is 6.58. The van der Waals surface area contributed by atoms with Crippen LogP contribution in [0, 0.1) is 0 Å². The van der Waals surface area contributed by atoms with Crippen molar-refractivity contribution in [2.24, 2.45) is 0 Å². The number of carbonyl (C=O) groups excluding carboxylic acids is 1. The zero-order valence-corrected chi connectivity index (χ0v) is 16.6. The first-order valence-electron chi connectivity index (χ1n) is 8.23. The third kappa shape index (κ3) is 3.13. The van der Waals surface area contributed by atoms with E-state index in [0.717, 1.165) is 0 Å². The van der Waals surface area contributed by atoms with Crippen molar-refractivity contribution in [1.29, 1.82) is 0 Å². The number of ether oxygens (including phenoxy) is 1. The summed E-state index contributed by atoms with van der Waals surface area (Å²) in [6, 6.07) is 10.6. The smallest absolute Gasteiger partial charge is 0.329 e. The molecule has 2 aromatic rings. The normalized spacial score (nSPS) is 23.6. The fraction of sp³-hybridized carbons (Fsp3) is 0.278. The summed E-state index contributed by atoms with van der Waals surface area (Å²) in [5.41, 5.74) is 1.15. The minimum Gasteiger partial charge on any atom is -0.497 e. The molecule has 2 saturated heterocycles. The maximum absolute atomic E-state index is 13.2. The molecule has 142 valence electrons. The summed E-state index contributed by atoms with van der Waals surface area (Å²) >= 11 is 12.1. The molecule has 4 rings (SSSR count). The number of hydrogen-bond donors (Lipinski definition) is 0. The van der Waals surface area contributed by atoms with Crippen molar-refractivity contribution in [2.45, 2.75) is 12.1 Å². The van der Waals surface area contributed by atoms with Gasteiger partial charge in [-0.15, -0.1) is 0 Å². The number of rotatable bonds is 3. The molecule has 2 aromatic carbocycles. The molecule has 2 heterocycles. The van der Waals surface area contributed by atoms with E-state index in [1.807, 2.05) is 0 Å². The van der Waals surface area contributed by atoms with Gasteiger partial charge in [-0.05, 0) is 42.5 Å². The fourth-order valence-electron chi connectivity index (χ4n) is 3.69. The lowest BCUT2D eigenvalue weighted by molar-refractivity contribution is 0.255. The van der Waals surface area contributed by atoms with E-state index in [-0.39, 0.29) is 17.5 Å². The summed E-state index contributed by atoms with van der Waals surface area (Å²) in [7, 11) is -1.70. The molecule has 0 aliphatic carbocycles. The second-order valence-corrected chi connectivity index (χ2v) is 9.50. The van der Waals surface area contributed by atoms with Gasteiger partial charge in [-0.2, -0.15) is 0 Å². The number of amides is 2. The quantitative estimate of drug-likeness (QED) is 0.702. The largest absolute Gasteiger partial charge is 0.497 e. The Kier molecular flexibility index (Phi) is 4.49. The molecule has 2 atom stereocenters. The van der Waals surface area contributed by atoms with Crippen LogP contribution in [0.5, 0.6) is 5.75 Å². The number of nitrogens with zero attached hydrogens (tertiary/aromatic N) is 2. The molecular weight excluding hydrogens is 411 g/mol. The van der Waals surface area contributed by atoms with Crippen molar-refractivity contribution >= 4 is 50.4 Å². The summed E-state index contributed by atoms with van der Waals surface area (Å²) < 4.78 is 29.7. The number of sulfone groups is 1. The first-order chi connectivity index (χ1) is 12.8. The Balaban J connectivity index is 1.78. The molecule has 2 aliphatic heterocycles. The van der Waals surface area contributed by atoms with Crippen LogP contribution in [-0.2, 0) is 9.84 Å². The number of methoxy groups -OCH3 is 1. The van der Waals surface area contributed by atoms with Gasteiger partial charge in [0.05, 0.1) is 40.7 Å². The fourth-order valence-corrected chi connectivity index (χ4v) is 5.90. The number of hydrogen-bond acceptors (Lipinski definition) is 4. The summed E-state index contributed by atoms with van der Waals surface area (Å²) in [6.45, 7) is 0. The Bertz CT molecular complexity index is 1010. The number of urea groups is 1. The molecule has 2 aliphatic rings. The van der Waals surface area contributed by atoms with Gasteiger partial charge < -0.3 is 4.74 Å². The Hall–Kier alpha value is -1.96. The monoisotopic (exact) mass is 426 g/mol. The topological polar surface area (TPSA) is 66.9 Å². The predicted molar refractivity (Wildman–Crippen MR) is 106 cm³/mol. The van der Waals surface area contributed by atoms with E-state index in [9.17, 15) is 13.2 Å². The Morgan fingerprint density at radius 2 is 1.48 bits per heavy atom. The summed E-state index contributed by atoms with van der Waals surface area (Å²) in [5.74, 6) is 0.492. The van der Waals surface area contributed by atoms with Crippen LogP contribution >= 0.6 is 23.2 Å². The Morgan fingerprint density at radius 3 is 2.04 bits per heavy atom. The highest BCUT2D eigenvalue weighted by atomic mass is 35.5. The molecule has 9 heteroatoms. The van der Waals surface area contributed by atoms with Crippen molar-refractivity contribution in [3.8, 4) is 5.75 Å². The first-order valence-corrected chi connectivity index (χ1v) is 10.8. The molecule has 0 N–H and O–H groups in total. The van der Waals surface area contributed by atoms with Crippen LogP contribution in [0.4, 0.5) is 16.2 Å². The summed E-state index contributed by atoms with van der Waals surface area (Å²) in [5, 5.41) is 0.678. The highest BCUT2D eigenvalue weighted by Crippen LogP contribution is 2.39. The van der Waals surface area contributed by atoms with Crippen LogP contribution in [0.2, 0.25) is 10.0 Å². The van der Waals surface area contributed by atoms with Crippen molar-refractivity contribution in [1.82, 2.24) is 0 Å². The minimum absolute atomic E-state index is 0.0761. The number of fused-ring (bicyclic) bond motifs is 1. The molecule has 0 unspecified atom stereocenters. The summed E-state index contributed by atoms with van der Waals surface area (Å²) in [4.78, 5) is 16.3. The predicted octanol–water partition coefficient (Wildman–Crippen LogP) is 3.61. The van der Waals surface area contributed by atoms with Crippen LogP contribution in [0.3, 0.4) is 0 Å². The lowest BCUT2D eigenvalue weighted by atomic mass is 10.1. The van der Waals surface area contributed by atoms with Crippen LogP contribution in [-0.4, -0.2) is 45.1 Å². The van der Waals surface area contributed by atoms with Gasteiger partial charge in [-0.25, -0.2) is 13.2 Å². The molecule has 0 spiro atoms. The van der Waals surface area contributed by atoms with Gasteiger partial charge in [0.1, 0.15) is 5.75 Å². The standard InChI is InChI=1S/C18H16Cl2N2O4S/c1-26-13-5-2-11(3-6-13)21-16-9-27(24,25)10-17(16)22(18(21)23)12-4-7-14(19)15(20)8-12/h2-8,16-17H,9-10H2,1H3/t16-,17-/m0/s1. The van der Waals surface area contributed by atoms with Gasteiger partial charge in [0.15, 0.2) is 9.84 Å². The van der Waals surface area contributed by atoms with Crippen molar-refractivity contribution in [2.75, 3.05) is 28.4 Å². The average molecular weight is 427 g/mol. The number of halogens is 2. The van der Waals surface area contributed by atoms with Crippen molar-refractivity contribution < 1.29 is 17.9 Å². The van der Waals surface area contributed by atoms with E-state index in [1.165, 1.54) is 9.80 Å². The van der Waals surface area contributed by atoms with E-state index < -0.39 is 21.9 Å². The molecule has 2 amide bonds. The van der Waals surface area contributed by atoms with Crippen molar-refractivity contribution in [3.05, 3.63) is 52.5 Å². The van der Waals surface area contributed by atoms with E-state index in [4.69, 9.17) is 27.9 Å². The van der Waals surface area contributed by atoms with Gasteiger partial charge >= 0.3 is 6.03 Å². The van der Waals surface area contributed by atoms with Crippen LogP contribution in [0.25, 0.3) is 0 Å². The average Bonchev–Trinajstić information content (AvgIpc) is 3.06. The molecule has 0 aromatic heterocycles. The number of carbonyl (C=O) groups is 1. The third-order valence-electron chi connectivity index (χ3n) is 4.90. The molecule has 6 nitrogen and oxygen atoms in total. The van der Waals surface area contributed by atoms with E-state index in [0.29, 0.717) is 27.2 Å². The highest BCUT2D eigenvalue weighted by Gasteiger charge is 2.54. The van der Waals surface area contributed by atoms with Gasteiger partial charge in [0, 0.05) is 11.4 Å². The maximum atomic E-state index is 13.2. The third-order valence-corrected chi connectivity index (χ3v) is 7.34. The molecule has 2 fully saturated rings. The van der Waals surface area contributed by atoms with E-state index >= 15 is 0 Å². The van der Waals surface area contributed by atoms with Gasteiger partial charge in [0.2, 0.25) is 0 Å². The lowest BCUT2D eigenvalue weighted by Crippen LogP contribution is -2.37. The molecule has 0 saturated carbocycles. The summed E-state index contributed by atoms with van der Waals surface area (Å²) in [6.07, 6.45) is 0. The van der Waals surface area contributed by atoms with Crippen LogP contribution in [0.1, 0.15) is 0 Å². The van der Waals surface area contributed by atoms with Crippen molar-refractivity contribution in [3.63, 3.8) is 0 Å². The molecule has 27 heavy (non-hydrogen) atoms. The van der Waals surface area contributed by atoms with E-state index in [2.05, 4.69) is 0 Å². The van der Waals surface area contributed by atoms with Gasteiger partial charge in [0.25, 0.3) is 0 Å². The van der Waals surface area contributed by atoms with Gasteiger partial charge in [-0.3, -0.25) is 9.80 Å². The van der Waals surface area contributed by atoms with Gasteiger partial charge in [-0.1, -0.05) is 23.2 Å². The Labute approximate surface area is 167 Å². The number of benzene rings is 2. The number of anilines is 2. The zero-order chi connectivity index (χ0) is 19.3. The molecule has 0 radical (unpaired) electrons. The minimum atomic E-state index is -3.26.